The number of carbonyl (C=O) groups excluding carboxylic acids is 1. The zero-order chi connectivity index (χ0) is 20.4. The number of halogens is 1. The molecular weight excluding hydrogens is 381 g/mol. The highest BCUT2D eigenvalue weighted by atomic mass is 19.1. The van der Waals surface area contributed by atoms with E-state index < -0.39 is 17.8 Å². The molecule has 2 aliphatic heterocycles. The van der Waals surface area contributed by atoms with Crippen LogP contribution in [0.15, 0.2) is 46.7 Å². The van der Waals surface area contributed by atoms with Gasteiger partial charge in [-0.15, -0.1) is 0 Å². The molecule has 2 atom stereocenters. The maximum absolute atomic E-state index is 13.6. The average molecular weight is 399 g/mol. The number of hydrogen-bond donors (Lipinski definition) is 1. The summed E-state index contributed by atoms with van der Waals surface area (Å²) in [6, 6.07) is 9.65. The first-order chi connectivity index (χ1) is 14.1. The van der Waals surface area contributed by atoms with Gasteiger partial charge in [-0.05, 0) is 18.2 Å². The van der Waals surface area contributed by atoms with Gasteiger partial charge in [0.15, 0.2) is 23.3 Å². The van der Waals surface area contributed by atoms with E-state index in [4.69, 9.17) is 19.0 Å². The standard InChI is InChI=1S/C20H18FN3O5/c1-11-17(20(25)23-22-9-12-5-3-4-6-14(12)21)24-29-18(11)13-7-15(26-2)19-16(8-13)27-10-28-19/h3-9,11,18H,10H2,1-2H3,(H,23,25)/b22-9-/t11-,18+/m0/s1. The number of hydrogen-bond acceptors (Lipinski definition) is 7. The molecule has 0 fully saturated rings. The van der Waals surface area contributed by atoms with Gasteiger partial charge < -0.3 is 19.0 Å². The lowest BCUT2D eigenvalue weighted by atomic mass is 9.93. The highest BCUT2D eigenvalue weighted by molar-refractivity contribution is 6.39. The smallest absolute Gasteiger partial charge is 0.289 e. The predicted molar refractivity (Wildman–Crippen MR) is 102 cm³/mol. The summed E-state index contributed by atoms with van der Waals surface area (Å²) in [4.78, 5) is 17.9. The van der Waals surface area contributed by atoms with Crippen LogP contribution in [-0.2, 0) is 9.63 Å². The summed E-state index contributed by atoms with van der Waals surface area (Å²) in [6.45, 7) is 1.92. The van der Waals surface area contributed by atoms with E-state index in [2.05, 4.69) is 15.7 Å². The Kier molecular flexibility index (Phi) is 5.03. The molecule has 8 nitrogen and oxygen atoms in total. The number of nitrogens with zero attached hydrogens (tertiary/aromatic N) is 2. The average Bonchev–Trinajstić information content (AvgIpc) is 3.35. The molecule has 150 valence electrons. The number of nitrogens with one attached hydrogen (secondary N) is 1. The van der Waals surface area contributed by atoms with Crippen molar-refractivity contribution in [3.63, 3.8) is 0 Å². The summed E-state index contributed by atoms with van der Waals surface area (Å²) in [5, 5.41) is 7.71. The van der Waals surface area contributed by atoms with Crippen LogP contribution in [0.25, 0.3) is 0 Å². The van der Waals surface area contributed by atoms with E-state index in [1.54, 1.807) is 30.3 Å². The van der Waals surface area contributed by atoms with Gasteiger partial charge in [-0.3, -0.25) is 4.79 Å². The van der Waals surface area contributed by atoms with Gasteiger partial charge in [-0.25, -0.2) is 9.82 Å². The topological polar surface area (TPSA) is 90.7 Å². The lowest BCUT2D eigenvalue weighted by Crippen LogP contribution is -2.31. The molecule has 0 spiro atoms. The highest BCUT2D eigenvalue weighted by Crippen LogP contribution is 2.45. The number of oxime groups is 1. The molecule has 0 aliphatic carbocycles. The summed E-state index contributed by atoms with van der Waals surface area (Å²) in [6.07, 6.45) is 0.726. The second kappa shape index (κ2) is 7.78. The zero-order valence-electron chi connectivity index (χ0n) is 15.7. The summed E-state index contributed by atoms with van der Waals surface area (Å²) in [7, 11) is 1.53. The van der Waals surface area contributed by atoms with Crippen molar-refractivity contribution in [1.82, 2.24) is 5.43 Å². The summed E-state index contributed by atoms with van der Waals surface area (Å²) < 4.78 is 29.8. The molecule has 0 saturated carbocycles. The summed E-state index contributed by atoms with van der Waals surface area (Å²) in [5.41, 5.74) is 3.52. The molecule has 0 aromatic heterocycles. The van der Waals surface area contributed by atoms with Gasteiger partial charge in [-0.1, -0.05) is 30.3 Å². The summed E-state index contributed by atoms with van der Waals surface area (Å²) >= 11 is 0. The van der Waals surface area contributed by atoms with Crippen LogP contribution < -0.4 is 19.6 Å². The van der Waals surface area contributed by atoms with Crippen LogP contribution in [0.5, 0.6) is 17.2 Å². The third-order valence-electron chi connectivity index (χ3n) is 4.67. The first-order valence-electron chi connectivity index (χ1n) is 8.87. The van der Waals surface area contributed by atoms with Gasteiger partial charge in [0, 0.05) is 11.1 Å². The van der Waals surface area contributed by atoms with Crippen LogP contribution in [0.3, 0.4) is 0 Å². The van der Waals surface area contributed by atoms with Crippen LogP contribution in [0.1, 0.15) is 24.2 Å². The van der Waals surface area contributed by atoms with Crippen molar-refractivity contribution in [2.75, 3.05) is 13.9 Å². The van der Waals surface area contributed by atoms with E-state index in [0.29, 0.717) is 17.2 Å². The number of benzene rings is 2. The number of ether oxygens (including phenoxy) is 3. The van der Waals surface area contributed by atoms with Crippen LogP contribution in [0.4, 0.5) is 4.39 Å². The third kappa shape index (κ3) is 3.58. The van der Waals surface area contributed by atoms with Crippen molar-refractivity contribution in [3.8, 4) is 17.2 Å². The molecule has 2 aromatic carbocycles. The number of methoxy groups -OCH3 is 1. The van der Waals surface area contributed by atoms with Crippen molar-refractivity contribution in [2.24, 2.45) is 16.2 Å². The van der Waals surface area contributed by atoms with Crippen LogP contribution in [0.2, 0.25) is 0 Å². The lowest BCUT2D eigenvalue weighted by molar-refractivity contribution is -0.115. The Bertz CT molecular complexity index is 1010. The van der Waals surface area contributed by atoms with Gasteiger partial charge in [0.25, 0.3) is 5.91 Å². The van der Waals surface area contributed by atoms with Crippen LogP contribution in [-0.4, -0.2) is 31.7 Å². The zero-order valence-corrected chi connectivity index (χ0v) is 15.7. The molecule has 29 heavy (non-hydrogen) atoms. The second-order valence-corrected chi connectivity index (χ2v) is 6.47. The van der Waals surface area contributed by atoms with Crippen molar-refractivity contribution in [2.45, 2.75) is 13.0 Å². The minimum atomic E-state index is -0.528. The van der Waals surface area contributed by atoms with E-state index in [1.807, 2.05) is 6.92 Å². The molecule has 9 heteroatoms. The Morgan fingerprint density at radius 2 is 2.17 bits per heavy atom. The number of hydrazone groups is 1. The molecule has 4 rings (SSSR count). The molecule has 2 heterocycles. The maximum atomic E-state index is 13.6. The van der Waals surface area contributed by atoms with Crippen LogP contribution >= 0.6 is 0 Å². The quantitative estimate of drug-likeness (QED) is 0.617. The molecule has 0 unspecified atom stereocenters. The van der Waals surface area contributed by atoms with E-state index in [9.17, 15) is 9.18 Å². The fraction of sp³-hybridized carbons (Fsp3) is 0.250. The largest absolute Gasteiger partial charge is 0.493 e. The minimum Gasteiger partial charge on any atom is -0.493 e. The Hall–Kier alpha value is -3.62. The molecule has 1 amide bonds. The molecule has 0 saturated heterocycles. The van der Waals surface area contributed by atoms with Crippen molar-refractivity contribution in [3.05, 3.63) is 53.3 Å². The number of carbonyl (C=O) groups is 1. The van der Waals surface area contributed by atoms with Crippen molar-refractivity contribution < 1.29 is 28.2 Å². The highest BCUT2D eigenvalue weighted by Gasteiger charge is 2.37. The van der Waals surface area contributed by atoms with Gasteiger partial charge in [-0.2, -0.15) is 5.10 Å². The van der Waals surface area contributed by atoms with E-state index >= 15 is 0 Å². The van der Waals surface area contributed by atoms with Gasteiger partial charge in [0.2, 0.25) is 12.5 Å². The number of rotatable bonds is 5. The molecule has 1 N–H and O–H groups in total. The van der Waals surface area contributed by atoms with Gasteiger partial charge in [0.05, 0.1) is 19.2 Å². The predicted octanol–water partition coefficient (Wildman–Crippen LogP) is 2.78. The maximum Gasteiger partial charge on any atom is 0.289 e. The molecular formula is C20H18FN3O5. The Labute approximate surface area is 165 Å². The molecule has 2 aliphatic rings. The van der Waals surface area contributed by atoms with Gasteiger partial charge in [0.1, 0.15) is 5.82 Å². The van der Waals surface area contributed by atoms with E-state index in [0.717, 1.165) is 5.56 Å². The Morgan fingerprint density at radius 3 is 2.97 bits per heavy atom. The SMILES string of the molecule is COc1cc([C@@H]2ON=C(C(=O)N/N=C\c3ccccc3F)[C@@H]2C)cc2c1OCO2. The van der Waals surface area contributed by atoms with Crippen LogP contribution in [0, 0.1) is 11.7 Å². The van der Waals surface area contributed by atoms with Gasteiger partial charge >= 0.3 is 0 Å². The fourth-order valence-electron chi connectivity index (χ4n) is 3.14. The third-order valence-corrected chi connectivity index (χ3v) is 4.67. The van der Waals surface area contributed by atoms with Crippen molar-refractivity contribution >= 4 is 17.8 Å². The molecule has 0 radical (unpaired) electrons. The first-order valence-corrected chi connectivity index (χ1v) is 8.87. The Morgan fingerprint density at radius 1 is 1.34 bits per heavy atom. The normalized spacial score (nSPS) is 19.8. The number of amides is 1. The number of fused-ring (bicyclic) bond motifs is 1. The van der Waals surface area contributed by atoms with E-state index in [-0.39, 0.29) is 24.0 Å². The monoisotopic (exact) mass is 399 g/mol. The lowest BCUT2D eigenvalue weighted by Gasteiger charge is -2.16. The van der Waals surface area contributed by atoms with E-state index in [1.165, 1.54) is 19.4 Å². The minimum absolute atomic E-state index is 0.112. The second-order valence-electron chi connectivity index (χ2n) is 6.47. The van der Waals surface area contributed by atoms with Crippen molar-refractivity contribution in [1.29, 1.82) is 0 Å². The first kappa shape index (κ1) is 18.7. The molecule has 0 bridgehead atoms. The Balaban J connectivity index is 1.45. The summed E-state index contributed by atoms with van der Waals surface area (Å²) in [5.74, 6) is 0.269. The molecule has 2 aromatic rings. The fourth-order valence-corrected chi connectivity index (χ4v) is 3.14.